The number of nitrogens with zero attached hydrogens (tertiary/aromatic N) is 7. The summed E-state index contributed by atoms with van der Waals surface area (Å²) >= 11 is 18.3. The van der Waals surface area contributed by atoms with Gasteiger partial charge in [-0.05, 0) is 48.4 Å². The van der Waals surface area contributed by atoms with Crippen molar-refractivity contribution in [3.8, 4) is 29.5 Å². The van der Waals surface area contributed by atoms with Crippen molar-refractivity contribution in [3.05, 3.63) is 78.4 Å². The molecule has 244 valence electrons. The number of ether oxygens (including phenoxy) is 1. The van der Waals surface area contributed by atoms with Crippen LogP contribution in [0.3, 0.4) is 0 Å². The maximum Gasteiger partial charge on any atom is 0.442 e. The Morgan fingerprint density at radius 2 is 1.72 bits per heavy atom. The van der Waals surface area contributed by atoms with E-state index in [-0.39, 0.29) is 22.7 Å². The van der Waals surface area contributed by atoms with Crippen molar-refractivity contribution >= 4 is 40.8 Å². The fourth-order valence-electron chi connectivity index (χ4n) is 4.85. The molecule has 2 aromatic heterocycles. The minimum atomic E-state index is -0.642. The summed E-state index contributed by atoms with van der Waals surface area (Å²) in [6.07, 6.45) is 10.5. The van der Waals surface area contributed by atoms with Crippen molar-refractivity contribution in [1.82, 2.24) is 34.5 Å². The maximum absolute atomic E-state index is 12.8. The zero-order chi connectivity index (χ0) is 33.6. The molecule has 2 heterocycles. The summed E-state index contributed by atoms with van der Waals surface area (Å²) in [5, 5.41) is 12.7. The smallest absolute Gasteiger partial charge is 0.442 e. The van der Waals surface area contributed by atoms with E-state index in [1.807, 2.05) is 27.7 Å². The van der Waals surface area contributed by atoms with Gasteiger partial charge in [0.25, 0.3) is 0 Å². The predicted octanol–water partition coefficient (Wildman–Crippen LogP) is 6.15. The molecule has 1 amide bonds. The van der Waals surface area contributed by atoms with Crippen LogP contribution in [0.5, 0.6) is 5.75 Å². The molecule has 0 N–H and O–H groups in total. The molecule has 4 aromatic rings. The first-order chi connectivity index (χ1) is 21.9. The fraction of sp³-hybridized carbons (Fsp3) is 0.419. The van der Waals surface area contributed by atoms with Crippen LogP contribution in [0.2, 0.25) is 15.1 Å². The van der Waals surface area contributed by atoms with Crippen molar-refractivity contribution in [2.45, 2.75) is 71.3 Å². The Morgan fingerprint density at radius 1 is 1.02 bits per heavy atom. The van der Waals surface area contributed by atoms with E-state index in [1.54, 1.807) is 29.2 Å². The number of amides is 1. The van der Waals surface area contributed by atoms with Crippen LogP contribution in [0.4, 0.5) is 4.79 Å². The molecule has 0 aliphatic heterocycles. The van der Waals surface area contributed by atoms with Gasteiger partial charge in [-0.1, -0.05) is 92.9 Å². The Bertz CT molecular complexity index is 1840. The zero-order valence-corrected chi connectivity index (χ0v) is 28.1. The Hall–Kier alpha value is -4.05. The van der Waals surface area contributed by atoms with E-state index in [0.29, 0.717) is 34.6 Å². The predicted molar refractivity (Wildman–Crippen MR) is 176 cm³/mol. The van der Waals surface area contributed by atoms with Gasteiger partial charge in [-0.2, -0.15) is 9.36 Å². The second-order valence-corrected chi connectivity index (χ2v) is 12.7. The third kappa shape index (κ3) is 7.84. The molecular formula is C31H34Cl3N7O5. The average Bonchev–Trinajstić information content (AvgIpc) is 3.60. The summed E-state index contributed by atoms with van der Waals surface area (Å²) in [7, 11) is 0. The normalized spacial score (nSPS) is 13.4. The molecule has 15 heteroatoms. The van der Waals surface area contributed by atoms with E-state index in [0.717, 1.165) is 39.7 Å². The highest BCUT2D eigenvalue weighted by Gasteiger charge is 2.28. The van der Waals surface area contributed by atoms with Gasteiger partial charge >= 0.3 is 17.5 Å². The first-order valence-electron chi connectivity index (χ1n) is 14.6. The molecule has 0 spiro atoms. The van der Waals surface area contributed by atoms with Crippen LogP contribution in [0.15, 0.2) is 50.4 Å². The van der Waals surface area contributed by atoms with Crippen LogP contribution in [-0.2, 0) is 5.41 Å². The molecule has 1 aliphatic rings. The van der Waals surface area contributed by atoms with Gasteiger partial charge in [-0.25, -0.2) is 14.4 Å². The molecule has 12 nitrogen and oxygen atoms in total. The minimum Gasteiger partial charge on any atom is -0.479 e. The summed E-state index contributed by atoms with van der Waals surface area (Å²) in [5.74, 6) is 2.31. The van der Waals surface area contributed by atoms with Gasteiger partial charge in [-0.3, -0.25) is 0 Å². The largest absolute Gasteiger partial charge is 0.479 e. The molecule has 1 saturated carbocycles. The number of terminal acetylenes is 1. The molecule has 0 saturated heterocycles. The summed E-state index contributed by atoms with van der Waals surface area (Å²) in [4.78, 5) is 39.1. The Morgan fingerprint density at radius 3 is 2.33 bits per heavy atom. The van der Waals surface area contributed by atoms with Gasteiger partial charge in [0, 0.05) is 24.1 Å². The van der Waals surface area contributed by atoms with Gasteiger partial charge in [0.2, 0.25) is 5.89 Å². The maximum atomic E-state index is 12.8. The lowest BCUT2D eigenvalue weighted by Crippen LogP contribution is -2.46. The summed E-state index contributed by atoms with van der Waals surface area (Å²) in [5.41, 5.74) is -0.305. The van der Waals surface area contributed by atoms with Crippen molar-refractivity contribution in [1.29, 1.82) is 0 Å². The second kappa shape index (κ2) is 15.0. The van der Waals surface area contributed by atoms with E-state index in [2.05, 4.69) is 21.4 Å². The number of carbonyl (C=O) groups excluding carboxylic acids is 1. The van der Waals surface area contributed by atoms with Crippen LogP contribution in [0.25, 0.3) is 11.4 Å². The molecule has 0 radical (unpaired) electrons. The molecular weight excluding hydrogens is 657 g/mol. The van der Waals surface area contributed by atoms with Gasteiger partial charge < -0.3 is 14.1 Å². The number of tetrazole rings is 1. The quantitative estimate of drug-likeness (QED) is 0.174. The Labute approximate surface area is 280 Å². The zero-order valence-electron chi connectivity index (χ0n) is 25.9. The Kier molecular flexibility index (Phi) is 11.4. The minimum absolute atomic E-state index is 0.0434. The van der Waals surface area contributed by atoms with Crippen molar-refractivity contribution in [3.63, 3.8) is 0 Å². The van der Waals surface area contributed by atoms with Crippen molar-refractivity contribution in [2.24, 2.45) is 0 Å². The molecule has 1 fully saturated rings. The van der Waals surface area contributed by atoms with Crippen LogP contribution in [-0.4, -0.2) is 59.7 Å². The highest BCUT2D eigenvalue weighted by atomic mass is 35.5. The molecule has 1 aliphatic carbocycles. The molecule has 0 unspecified atom stereocenters. The molecule has 46 heavy (non-hydrogen) atoms. The third-order valence-electron chi connectivity index (χ3n) is 7.17. The number of para-hydroxylation sites is 1. The van der Waals surface area contributed by atoms with E-state index in [9.17, 15) is 14.4 Å². The first-order valence-corrected chi connectivity index (χ1v) is 15.8. The monoisotopic (exact) mass is 689 g/mol. The van der Waals surface area contributed by atoms with Crippen LogP contribution in [0, 0.1) is 12.3 Å². The number of benzene rings is 2. The van der Waals surface area contributed by atoms with Crippen molar-refractivity contribution < 1.29 is 13.9 Å². The van der Waals surface area contributed by atoms with Gasteiger partial charge in [0.05, 0.1) is 26.4 Å². The molecule has 0 atom stereocenters. The van der Waals surface area contributed by atoms with Crippen LogP contribution >= 0.6 is 34.8 Å². The van der Waals surface area contributed by atoms with Gasteiger partial charge in [0.15, 0.2) is 0 Å². The Balaban J connectivity index is 0.000000210. The summed E-state index contributed by atoms with van der Waals surface area (Å²) in [6, 6.07) is 9.52. The number of hydrogen-bond acceptors (Lipinski definition) is 8. The highest BCUT2D eigenvalue weighted by molar-refractivity contribution is 6.36. The third-order valence-corrected chi connectivity index (χ3v) is 8.09. The average molecular weight is 691 g/mol. The highest BCUT2D eigenvalue weighted by Crippen LogP contribution is 2.33. The standard InChI is InChI=1S/C16H20ClN5O2.C15H14Cl2N2O3/c1-2-20(12-8-4-3-5-9-12)15(23)22-16(24)21(18-19-22)14-11-7-6-10-13(14)17;1-5-6-21-12-8-11(9(16)7-10(12)17)19-14(20)22-13(18-19)15(2,3)4/h6-7,10-12H,2-5,8-9H2,1H3;1,7-8H,6H2,2-4H3. The molecule has 5 rings (SSSR count). The van der Waals surface area contributed by atoms with Gasteiger partial charge in [-0.15, -0.1) is 16.2 Å². The lowest BCUT2D eigenvalue weighted by Gasteiger charge is -2.32. The SMILES string of the molecule is C#CCOc1cc(-n2nc(C(C)(C)C)oc2=O)c(Cl)cc1Cl.CCN(C(=O)n1nnn(-c2ccccc2Cl)c1=O)C1CCCCC1. The summed E-state index contributed by atoms with van der Waals surface area (Å²) in [6.45, 7) is 8.14. The van der Waals surface area contributed by atoms with Gasteiger partial charge in [0.1, 0.15) is 12.4 Å². The van der Waals surface area contributed by atoms with E-state index < -0.39 is 22.9 Å². The number of aromatic nitrogens is 6. The van der Waals surface area contributed by atoms with E-state index >= 15 is 0 Å². The van der Waals surface area contributed by atoms with Crippen LogP contribution < -0.4 is 16.2 Å². The first kappa shape index (κ1) is 34.8. The summed E-state index contributed by atoms with van der Waals surface area (Å²) < 4.78 is 13.4. The fourth-order valence-corrected chi connectivity index (χ4v) is 5.58. The second-order valence-electron chi connectivity index (χ2n) is 11.5. The van der Waals surface area contributed by atoms with E-state index in [1.165, 1.54) is 18.6 Å². The number of hydrogen-bond donors (Lipinski definition) is 0. The number of rotatable bonds is 6. The van der Waals surface area contributed by atoms with E-state index in [4.69, 9.17) is 50.4 Å². The van der Waals surface area contributed by atoms with Crippen LogP contribution in [0.1, 0.15) is 65.7 Å². The molecule has 0 bridgehead atoms. The molecule has 2 aromatic carbocycles. The topological polar surface area (TPSA) is 130 Å². The number of halogens is 3. The van der Waals surface area contributed by atoms with Crippen molar-refractivity contribution in [2.75, 3.05) is 13.2 Å². The number of carbonyl (C=O) groups is 1. The lowest BCUT2D eigenvalue weighted by molar-refractivity contribution is 0.157. The lowest BCUT2D eigenvalue weighted by atomic mass is 9.94.